The molecule has 0 aromatic carbocycles. The first kappa shape index (κ1) is 19.5. The molecule has 0 saturated carbocycles. The molecular formula is C18H35N3O3. The predicted octanol–water partition coefficient (Wildman–Crippen LogP) is 2.29. The predicted molar refractivity (Wildman–Crippen MR) is 95.0 cm³/mol. The fourth-order valence-corrected chi connectivity index (χ4v) is 3.80. The van der Waals surface area contributed by atoms with Crippen molar-refractivity contribution in [3.63, 3.8) is 0 Å². The molecule has 2 saturated heterocycles. The minimum absolute atomic E-state index is 0.0451. The first-order valence-corrected chi connectivity index (χ1v) is 9.54. The number of nitrogens with zero attached hydrogens (tertiary/aromatic N) is 2. The molecular weight excluding hydrogens is 306 g/mol. The van der Waals surface area contributed by atoms with Gasteiger partial charge in [0.1, 0.15) is 0 Å². The van der Waals surface area contributed by atoms with Gasteiger partial charge in [-0.15, -0.1) is 0 Å². The van der Waals surface area contributed by atoms with E-state index in [-0.39, 0.29) is 6.03 Å². The maximum absolute atomic E-state index is 12.5. The van der Waals surface area contributed by atoms with E-state index < -0.39 is 5.79 Å². The van der Waals surface area contributed by atoms with Crippen LogP contribution in [0.2, 0.25) is 0 Å². The van der Waals surface area contributed by atoms with Crippen molar-refractivity contribution in [1.29, 1.82) is 0 Å². The summed E-state index contributed by atoms with van der Waals surface area (Å²) in [5.41, 5.74) is 0. The molecule has 0 aliphatic carbocycles. The van der Waals surface area contributed by atoms with Crippen molar-refractivity contribution in [2.24, 2.45) is 5.92 Å². The summed E-state index contributed by atoms with van der Waals surface area (Å²) in [4.78, 5) is 16.8. The Bertz CT molecular complexity index is 383. The Labute approximate surface area is 146 Å². The van der Waals surface area contributed by atoms with Gasteiger partial charge in [-0.3, -0.25) is 4.90 Å². The average Bonchev–Trinajstić information content (AvgIpc) is 3.01. The number of amides is 2. The fourth-order valence-electron chi connectivity index (χ4n) is 3.80. The number of likely N-dealkylation sites (tertiary alicyclic amines) is 1. The Balaban J connectivity index is 1.80. The molecule has 140 valence electrons. The number of urea groups is 1. The number of likely N-dealkylation sites (N-methyl/N-ethyl adjacent to an activating group) is 1. The molecule has 1 spiro atoms. The normalized spacial score (nSPS) is 21.7. The molecule has 2 aliphatic rings. The van der Waals surface area contributed by atoms with E-state index in [9.17, 15) is 4.79 Å². The van der Waals surface area contributed by atoms with Gasteiger partial charge in [0.2, 0.25) is 0 Å². The van der Waals surface area contributed by atoms with Crippen LogP contribution in [0, 0.1) is 5.92 Å². The molecule has 2 amide bonds. The van der Waals surface area contributed by atoms with Crippen molar-refractivity contribution in [1.82, 2.24) is 15.1 Å². The summed E-state index contributed by atoms with van der Waals surface area (Å²) in [5.74, 6) is 0.206. The third-order valence-electron chi connectivity index (χ3n) is 5.19. The van der Waals surface area contributed by atoms with E-state index in [4.69, 9.17) is 9.47 Å². The smallest absolute Gasteiger partial charge is 0.317 e. The summed E-state index contributed by atoms with van der Waals surface area (Å²) in [6.45, 7) is 14.4. The third kappa shape index (κ3) is 5.07. The Morgan fingerprint density at radius 3 is 2.25 bits per heavy atom. The minimum Gasteiger partial charge on any atom is -0.347 e. The number of nitrogens with one attached hydrogen (secondary N) is 1. The summed E-state index contributed by atoms with van der Waals surface area (Å²) >= 11 is 0. The summed E-state index contributed by atoms with van der Waals surface area (Å²) in [5, 5.41) is 3.15. The van der Waals surface area contributed by atoms with E-state index in [2.05, 4.69) is 37.9 Å². The van der Waals surface area contributed by atoms with Crippen LogP contribution in [0.25, 0.3) is 0 Å². The molecule has 0 aromatic heterocycles. The van der Waals surface area contributed by atoms with Crippen LogP contribution < -0.4 is 5.32 Å². The lowest BCUT2D eigenvalue weighted by Gasteiger charge is -2.38. The van der Waals surface area contributed by atoms with Crippen molar-refractivity contribution in [2.45, 2.75) is 58.8 Å². The maximum atomic E-state index is 12.5. The quantitative estimate of drug-likeness (QED) is 0.772. The van der Waals surface area contributed by atoms with Gasteiger partial charge in [0, 0.05) is 38.5 Å². The van der Waals surface area contributed by atoms with Crippen molar-refractivity contribution in [3.05, 3.63) is 0 Å². The molecule has 24 heavy (non-hydrogen) atoms. The van der Waals surface area contributed by atoms with Crippen LogP contribution in [0.3, 0.4) is 0 Å². The number of rotatable bonds is 7. The lowest BCUT2D eigenvalue weighted by molar-refractivity contribution is -0.181. The Morgan fingerprint density at radius 1 is 1.17 bits per heavy atom. The molecule has 1 N–H and O–H groups in total. The Kier molecular flexibility index (Phi) is 7.32. The monoisotopic (exact) mass is 341 g/mol. The molecule has 2 fully saturated rings. The lowest BCUT2D eigenvalue weighted by Crippen LogP contribution is -2.52. The third-order valence-corrected chi connectivity index (χ3v) is 5.19. The number of hydrogen-bond acceptors (Lipinski definition) is 4. The zero-order valence-electron chi connectivity index (χ0n) is 15.8. The number of hydrogen-bond donors (Lipinski definition) is 1. The van der Waals surface area contributed by atoms with Gasteiger partial charge in [-0.05, 0) is 25.4 Å². The molecule has 0 aromatic rings. The van der Waals surface area contributed by atoms with E-state index in [0.29, 0.717) is 44.8 Å². The summed E-state index contributed by atoms with van der Waals surface area (Å²) in [6, 6.07) is 0.449. The van der Waals surface area contributed by atoms with Gasteiger partial charge in [0.05, 0.1) is 13.2 Å². The average molecular weight is 341 g/mol. The summed E-state index contributed by atoms with van der Waals surface area (Å²) < 4.78 is 11.4. The zero-order valence-corrected chi connectivity index (χ0v) is 15.8. The molecule has 2 heterocycles. The lowest BCUT2D eigenvalue weighted by atomic mass is 10.0. The molecule has 2 rings (SSSR count). The second kappa shape index (κ2) is 9.02. The highest BCUT2D eigenvalue weighted by molar-refractivity contribution is 5.74. The van der Waals surface area contributed by atoms with Gasteiger partial charge in [-0.2, -0.15) is 0 Å². The molecule has 0 radical (unpaired) electrons. The SMILES string of the molecule is CCN(CC)C(CNC(=O)N1CCC2(CC1)OCCO2)CC(C)C. The fraction of sp³-hybridized carbons (Fsp3) is 0.944. The molecule has 1 atom stereocenters. The van der Waals surface area contributed by atoms with Gasteiger partial charge in [-0.1, -0.05) is 27.7 Å². The number of piperidine rings is 1. The van der Waals surface area contributed by atoms with Crippen molar-refractivity contribution >= 4 is 6.03 Å². The van der Waals surface area contributed by atoms with E-state index in [0.717, 1.165) is 32.4 Å². The summed E-state index contributed by atoms with van der Waals surface area (Å²) in [7, 11) is 0. The maximum Gasteiger partial charge on any atom is 0.317 e. The van der Waals surface area contributed by atoms with Crippen LogP contribution in [0.15, 0.2) is 0 Å². The van der Waals surface area contributed by atoms with Gasteiger partial charge in [0.15, 0.2) is 5.79 Å². The van der Waals surface area contributed by atoms with Crippen LogP contribution in [0.5, 0.6) is 0 Å². The largest absolute Gasteiger partial charge is 0.347 e. The Morgan fingerprint density at radius 2 is 1.75 bits per heavy atom. The topological polar surface area (TPSA) is 54.0 Å². The molecule has 0 bridgehead atoms. The van der Waals surface area contributed by atoms with Crippen LogP contribution in [0.1, 0.15) is 47.0 Å². The molecule has 2 aliphatic heterocycles. The highest BCUT2D eigenvalue weighted by Gasteiger charge is 2.40. The van der Waals surface area contributed by atoms with E-state index in [1.165, 1.54) is 0 Å². The molecule has 6 nitrogen and oxygen atoms in total. The van der Waals surface area contributed by atoms with Gasteiger partial charge in [-0.25, -0.2) is 4.79 Å². The van der Waals surface area contributed by atoms with Crippen LogP contribution >= 0.6 is 0 Å². The molecule has 1 unspecified atom stereocenters. The number of carbonyl (C=O) groups is 1. The minimum atomic E-state index is -0.418. The van der Waals surface area contributed by atoms with Crippen molar-refractivity contribution < 1.29 is 14.3 Å². The van der Waals surface area contributed by atoms with E-state index in [1.807, 2.05) is 4.90 Å². The van der Waals surface area contributed by atoms with Crippen LogP contribution in [-0.4, -0.2) is 73.6 Å². The second-order valence-electron chi connectivity index (χ2n) is 7.29. The van der Waals surface area contributed by atoms with Crippen LogP contribution in [0.4, 0.5) is 4.79 Å². The zero-order chi connectivity index (χ0) is 17.6. The summed E-state index contributed by atoms with van der Waals surface area (Å²) in [6.07, 6.45) is 2.64. The van der Waals surface area contributed by atoms with Crippen molar-refractivity contribution in [2.75, 3.05) is 45.9 Å². The number of ether oxygens (including phenoxy) is 2. The Hall–Kier alpha value is -0.850. The highest BCUT2D eigenvalue weighted by atomic mass is 16.7. The highest BCUT2D eigenvalue weighted by Crippen LogP contribution is 2.31. The number of carbonyl (C=O) groups excluding carboxylic acids is 1. The van der Waals surface area contributed by atoms with Crippen LogP contribution in [-0.2, 0) is 9.47 Å². The van der Waals surface area contributed by atoms with E-state index >= 15 is 0 Å². The van der Waals surface area contributed by atoms with Gasteiger partial charge in [0.25, 0.3) is 0 Å². The standard InChI is InChI=1S/C18H35N3O3/c1-5-20(6-2)16(13-15(3)4)14-19-17(22)21-9-7-18(8-10-21)23-11-12-24-18/h15-16H,5-14H2,1-4H3,(H,19,22). The first-order chi connectivity index (χ1) is 11.5. The van der Waals surface area contributed by atoms with E-state index in [1.54, 1.807) is 0 Å². The second-order valence-corrected chi connectivity index (χ2v) is 7.29. The van der Waals surface area contributed by atoms with Gasteiger partial charge < -0.3 is 19.7 Å². The first-order valence-electron chi connectivity index (χ1n) is 9.54. The van der Waals surface area contributed by atoms with Gasteiger partial charge >= 0.3 is 6.03 Å². The van der Waals surface area contributed by atoms with Crippen molar-refractivity contribution in [3.8, 4) is 0 Å². The molecule has 6 heteroatoms.